The molecule has 5 aromatic rings. The number of hydrogen-bond acceptors (Lipinski definition) is 7. The topological polar surface area (TPSA) is 125 Å². The van der Waals surface area contributed by atoms with Crippen molar-refractivity contribution in [2.24, 2.45) is 7.05 Å². The minimum atomic E-state index is -5.01. The van der Waals surface area contributed by atoms with E-state index >= 15 is 0 Å². The average molecular weight is 625 g/mol. The number of nitrogens with zero attached hydrogens (tertiary/aromatic N) is 4. The summed E-state index contributed by atoms with van der Waals surface area (Å²) in [5.41, 5.74) is 10.7. The van der Waals surface area contributed by atoms with Gasteiger partial charge in [0.15, 0.2) is 0 Å². The quantitative estimate of drug-likeness (QED) is 0.194. The van der Waals surface area contributed by atoms with Crippen LogP contribution in [-0.4, -0.2) is 33.9 Å². The van der Waals surface area contributed by atoms with Crippen LogP contribution in [0.2, 0.25) is 0 Å². The first-order valence-corrected chi connectivity index (χ1v) is 15.1. The van der Waals surface area contributed by atoms with Crippen LogP contribution in [0.1, 0.15) is 45.1 Å². The summed E-state index contributed by atoms with van der Waals surface area (Å²) in [5, 5.41) is 5.26. The number of rotatable bonds is 8. The van der Waals surface area contributed by atoms with Crippen LogP contribution < -0.4 is 15.2 Å². The van der Waals surface area contributed by atoms with Gasteiger partial charge in [0.1, 0.15) is 29.2 Å². The minimum absolute atomic E-state index is 0.0472. The van der Waals surface area contributed by atoms with E-state index in [0.29, 0.717) is 27.7 Å². The molecule has 0 spiro atoms. The molecule has 0 saturated carbocycles. The van der Waals surface area contributed by atoms with Gasteiger partial charge in [-0.3, -0.25) is 14.4 Å². The number of fused-ring (bicyclic) bond motifs is 1. The normalized spacial score (nSPS) is 12.9. The van der Waals surface area contributed by atoms with Crippen molar-refractivity contribution in [1.82, 2.24) is 19.7 Å². The van der Waals surface area contributed by atoms with Crippen LogP contribution in [0.25, 0.3) is 33.3 Å². The molecule has 9 nitrogen and oxygen atoms in total. The molecule has 230 valence electrons. The summed E-state index contributed by atoms with van der Waals surface area (Å²) in [6.45, 7) is 7.87. The molecule has 2 aromatic carbocycles. The van der Waals surface area contributed by atoms with Gasteiger partial charge in [0, 0.05) is 41.7 Å². The number of sulfonamides is 1. The van der Waals surface area contributed by atoms with Crippen LogP contribution in [0.5, 0.6) is 5.75 Å². The van der Waals surface area contributed by atoms with Gasteiger partial charge in [-0.05, 0) is 54.4 Å². The van der Waals surface area contributed by atoms with Gasteiger partial charge in [-0.15, -0.1) is 0 Å². The summed E-state index contributed by atoms with van der Waals surface area (Å²) in [5.74, 6) is -3.95. The predicted octanol–water partition coefficient (Wildman–Crippen LogP) is 6.82. The molecule has 5 rings (SSSR count). The Hall–Kier alpha value is -4.65. The standard InChI is InChI=1S/C31H31F3N6O3S/c1-17(18-6-9-21(32)10-7-18)43-24-14-20(8-11-23(24)39-44(41,42)30(33)34)27-26-28(40(5)38-27)22(16-37-29(26)35)19-12-13-36-25(15-19)31(2,3)4/h6-17,30,39H,1-5H3,(H2,35,37)/t17-/m0/s1. The Bertz CT molecular complexity index is 1960. The van der Waals surface area contributed by atoms with E-state index in [-0.39, 0.29) is 22.7 Å². The number of aromatic nitrogens is 4. The lowest BCUT2D eigenvalue weighted by atomic mass is 9.90. The van der Waals surface area contributed by atoms with E-state index < -0.39 is 27.7 Å². The second kappa shape index (κ2) is 11.5. The number of halogens is 3. The molecule has 3 N–H and O–H groups in total. The molecule has 1 atom stereocenters. The van der Waals surface area contributed by atoms with Gasteiger partial charge in [-0.25, -0.2) is 17.8 Å². The Morgan fingerprint density at radius 3 is 2.36 bits per heavy atom. The van der Waals surface area contributed by atoms with E-state index in [2.05, 4.69) is 30.7 Å². The van der Waals surface area contributed by atoms with Gasteiger partial charge in [-0.1, -0.05) is 39.0 Å². The zero-order chi connectivity index (χ0) is 32.0. The van der Waals surface area contributed by atoms with Crippen molar-refractivity contribution in [2.75, 3.05) is 10.5 Å². The predicted molar refractivity (Wildman–Crippen MR) is 164 cm³/mol. The molecule has 0 unspecified atom stereocenters. The fraction of sp³-hybridized carbons (Fsp3) is 0.258. The molecular weight excluding hydrogens is 593 g/mol. The maximum atomic E-state index is 13.5. The lowest BCUT2D eigenvalue weighted by Crippen LogP contribution is -2.21. The number of nitrogens with two attached hydrogens (primary N) is 1. The van der Waals surface area contributed by atoms with E-state index in [1.807, 2.05) is 16.9 Å². The summed E-state index contributed by atoms with van der Waals surface area (Å²) in [6, 6.07) is 13.7. The first kappa shape index (κ1) is 30.8. The maximum Gasteiger partial charge on any atom is 0.355 e. The molecular formula is C31H31F3N6O3S. The summed E-state index contributed by atoms with van der Waals surface area (Å²) < 4.78 is 73.8. The Morgan fingerprint density at radius 2 is 1.70 bits per heavy atom. The summed E-state index contributed by atoms with van der Waals surface area (Å²) in [7, 11) is -3.25. The first-order valence-electron chi connectivity index (χ1n) is 13.6. The number of nitrogen functional groups attached to an aromatic ring is 1. The number of alkyl halides is 2. The van der Waals surface area contributed by atoms with Gasteiger partial charge in [0.2, 0.25) is 0 Å². The zero-order valence-corrected chi connectivity index (χ0v) is 25.5. The highest BCUT2D eigenvalue weighted by Gasteiger charge is 2.27. The molecule has 0 aliphatic carbocycles. The number of hydrogen-bond donors (Lipinski definition) is 2. The molecule has 3 heterocycles. The number of benzene rings is 2. The number of ether oxygens (including phenoxy) is 1. The molecule has 0 aliphatic heterocycles. The molecule has 13 heteroatoms. The van der Waals surface area contributed by atoms with E-state index in [4.69, 9.17) is 15.6 Å². The van der Waals surface area contributed by atoms with Crippen LogP contribution in [-0.2, 0) is 22.5 Å². The van der Waals surface area contributed by atoms with Gasteiger partial charge >= 0.3 is 5.76 Å². The van der Waals surface area contributed by atoms with Crippen molar-refractivity contribution in [1.29, 1.82) is 0 Å². The Labute approximate surface area is 253 Å². The van der Waals surface area contributed by atoms with E-state index in [0.717, 1.165) is 16.8 Å². The number of aryl methyl sites for hydroxylation is 1. The molecule has 0 amide bonds. The van der Waals surface area contributed by atoms with E-state index in [1.54, 1.807) is 31.0 Å². The summed E-state index contributed by atoms with van der Waals surface area (Å²) in [6.07, 6.45) is 2.70. The van der Waals surface area contributed by atoms with Gasteiger partial charge in [0.05, 0.1) is 16.6 Å². The van der Waals surface area contributed by atoms with Crippen LogP contribution >= 0.6 is 0 Å². The van der Waals surface area contributed by atoms with Crippen molar-refractivity contribution in [3.63, 3.8) is 0 Å². The fourth-order valence-corrected chi connectivity index (χ4v) is 5.36. The second-order valence-electron chi connectivity index (χ2n) is 11.4. The number of pyridine rings is 2. The van der Waals surface area contributed by atoms with Crippen molar-refractivity contribution in [3.8, 4) is 28.1 Å². The second-order valence-corrected chi connectivity index (χ2v) is 13.0. The summed E-state index contributed by atoms with van der Waals surface area (Å²) >= 11 is 0. The zero-order valence-electron chi connectivity index (χ0n) is 24.6. The van der Waals surface area contributed by atoms with Gasteiger partial charge < -0.3 is 10.5 Å². The van der Waals surface area contributed by atoms with Crippen molar-refractivity contribution < 1.29 is 26.3 Å². The highest BCUT2D eigenvalue weighted by molar-refractivity contribution is 7.93. The summed E-state index contributed by atoms with van der Waals surface area (Å²) in [4.78, 5) is 8.96. The molecule has 0 fully saturated rings. The molecule has 0 aliphatic rings. The minimum Gasteiger partial charge on any atom is -0.484 e. The third-order valence-corrected chi connectivity index (χ3v) is 8.09. The Kier molecular flexibility index (Phi) is 8.02. The highest BCUT2D eigenvalue weighted by Crippen LogP contribution is 2.40. The monoisotopic (exact) mass is 624 g/mol. The van der Waals surface area contributed by atoms with Crippen LogP contribution in [0.3, 0.4) is 0 Å². The van der Waals surface area contributed by atoms with E-state index in [1.165, 1.54) is 42.5 Å². The lowest BCUT2D eigenvalue weighted by molar-refractivity contribution is 0.228. The van der Waals surface area contributed by atoms with Crippen LogP contribution in [0.15, 0.2) is 67.0 Å². The Balaban J connectivity index is 1.65. The van der Waals surface area contributed by atoms with Crippen molar-refractivity contribution >= 4 is 32.4 Å². The third-order valence-electron chi connectivity index (χ3n) is 7.12. The smallest absolute Gasteiger partial charge is 0.355 e. The highest BCUT2D eigenvalue weighted by atomic mass is 32.2. The first-order chi connectivity index (χ1) is 20.7. The average Bonchev–Trinajstić information content (AvgIpc) is 3.32. The van der Waals surface area contributed by atoms with Crippen LogP contribution in [0, 0.1) is 5.82 Å². The van der Waals surface area contributed by atoms with Gasteiger partial charge in [0.25, 0.3) is 10.0 Å². The van der Waals surface area contributed by atoms with E-state index in [9.17, 15) is 21.6 Å². The SMILES string of the molecule is C[C@H](Oc1cc(-c2nn(C)c3c(-c4ccnc(C(C)(C)C)c4)cnc(N)c23)ccc1NS(=O)(=O)C(F)F)c1ccc(F)cc1. The largest absolute Gasteiger partial charge is 0.484 e. The molecule has 0 saturated heterocycles. The van der Waals surface area contributed by atoms with Crippen molar-refractivity contribution in [2.45, 2.75) is 45.0 Å². The number of anilines is 2. The lowest BCUT2D eigenvalue weighted by Gasteiger charge is -2.19. The molecule has 44 heavy (non-hydrogen) atoms. The molecule has 3 aromatic heterocycles. The maximum absolute atomic E-state index is 13.5. The van der Waals surface area contributed by atoms with Crippen molar-refractivity contribution in [3.05, 3.63) is 84.1 Å². The molecule has 0 bridgehead atoms. The number of nitrogens with one attached hydrogen (secondary N) is 1. The van der Waals surface area contributed by atoms with Gasteiger partial charge in [-0.2, -0.15) is 13.9 Å². The fourth-order valence-electron chi connectivity index (χ4n) is 4.80. The van der Waals surface area contributed by atoms with Crippen LogP contribution in [0.4, 0.5) is 24.7 Å². The molecule has 0 radical (unpaired) electrons. The third kappa shape index (κ3) is 6.05. The Morgan fingerprint density at radius 1 is 1.00 bits per heavy atom.